The fourth-order valence-corrected chi connectivity index (χ4v) is 6.56. The maximum absolute atomic E-state index is 14.3. The maximum atomic E-state index is 14.3. The zero-order valence-corrected chi connectivity index (χ0v) is 26.5. The molecule has 1 unspecified atom stereocenters. The summed E-state index contributed by atoms with van der Waals surface area (Å²) in [6, 6.07) is 19.9. The van der Waals surface area contributed by atoms with Gasteiger partial charge in [0.2, 0.25) is 11.1 Å². The zero-order valence-electron chi connectivity index (χ0n) is 25.7. The summed E-state index contributed by atoms with van der Waals surface area (Å²) in [4.78, 5) is 18.5. The summed E-state index contributed by atoms with van der Waals surface area (Å²) in [5.74, 6) is 1.32. The number of aryl methyl sites for hydroxylation is 1. The highest BCUT2D eigenvalue weighted by Crippen LogP contribution is 2.40. The summed E-state index contributed by atoms with van der Waals surface area (Å²) in [6.07, 6.45) is 4.88. The first-order valence-electron chi connectivity index (χ1n) is 15.3. The minimum atomic E-state index is -0.632. The number of hydrogen-bond donors (Lipinski definition) is 1. The van der Waals surface area contributed by atoms with Crippen molar-refractivity contribution in [1.29, 1.82) is 0 Å². The van der Waals surface area contributed by atoms with Gasteiger partial charge in [-0.3, -0.25) is 0 Å². The number of nitrogens with zero attached hydrogens (tertiary/aromatic N) is 3. The number of carbonyl (C=O) groups excluding carboxylic acids is 1. The van der Waals surface area contributed by atoms with Crippen LogP contribution in [0.2, 0.25) is 0 Å². The molecule has 1 aromatic heterocycles. The van der Waals surface area contributed by atoms with Crippen LogP contribution in [0.1, 0.15) is 67.3 Å². The van der Waals surface area contributed by atoms with Crippen LogP contribution < -0.4 is 14.8 Å². The average Bonchev–Trinajstić information content (AvgIpc) is 3.46. The molecule has 0 amide bonds. The van der Waals surface area contributed by atoms with Gasteiger partial charge in [-0.15, -0.1) is 5.10 Å². The lowest BCUT2D eigenvalue weighted by molar-refractivity contribution is -0.146. The predicted molar refractivity (Wildman–Crippen MR) is 172 cm³/mol. The van der Waals surface area contributed by atoms with Gasteiger partial charge in [-0.1, -0.05) is 72.3 Å². The van der Waals surface area contributed by atoms with Crippen LogP contribution in [0, 0.1) is 12.7 Å². The number of allylic oxidation sites excluding steroid dienone is 1. The molecule has 10 heteroatoms. The molecule has 0 bridgehead atoms. The Morgan fingerprint density at radius 2 is 1.80 bits per heavy atom. The van der Waals surface area contributed by atoms with Gasteiger partial charge in [0.05, 0.1) is 12.7 Å². The molecule has 8 nitrogen and oxygen atoms in total. The van der Waals surface area contributed by atoms with Crippen LogP contribution in [-0.2, 0) is 21.9 Å². The molecule has 2 heterocycles. The molecule has 1 saturated carbocycles. The highest BCUT2D eigenvalue weighted by molar-refractivity contribution is 7.98. The molecule has 0 saturated heterocycles. The van der Waals surface area contributed by atoms with Crippen molar-refractivity contribution >= 4 is 23.7 Å². The van der Waals surface area contributed by atoms with Gasteiger partial charge in [0.1, 0.15) is 24.6 Å². The zero-order chi connectivity index (χ0) is 31.3. The highest BCUT2D eigenvalue weighted by atomic mass is 32.2. The number of carbonyl (C=O) groups is 1. The molecule has 0 spiro atoms. The lowest BCUT2D eigenvalue weighted by Gasteiger charge is -2.30. The third-order valence-corrected chi connectivity index (χ3v) is 9.10. The number of ether oxygens (including phenoxy) is 3. The molecule has 1 atom stereocenters. The Bertz CT molecular complexity index is 1700. The Kier molecular flexibility index (Phi) is 9.39. The van der Waals surface area contributed by atoms with E-state index in [1.54, 1.807) is 30.0 Å². The Morgan fingerprint density at radius 3 is 2.56 bits per heavy atom. The van der Waals surface area contributed by atoms with E-state index in [0.717, 1.165) is 43.2 Å². The van der Waals surface area contributed by atoms with E-state index >= 15 is 0 Å². The molecule has 3 aromatic carbocycles. The maximum Gasteiger partial charge on any atom is 0.338 e. The number of esters is 1. The van der Waals surface area contributed by atoms with Crippen LogP contribution in [0.25, 0.3) is 0 Å². The van der Waals surface area contributed by atoms with Crippen molar-refractivity contribution in [3.05, 3.63) is 106 Å². The summed E-state index contributed by atoms with van der Waals surface area (Å²) < 4.78 is 34.0. The first kappa shape index (κ1) is 30.7. The van der Waals surface area contributed by atoms with E-state index in [9.17, 15) is 9.18 Å². The van der Waals surface area contributed by atoms with E-state index in [2.05, 4.69) is 17.4 Å². The van der Waals surface area contributed by atoms with E-state index < -0.39 is 6.04 Å². The molecule has 6 rings (SSSR count). The van der Waals surface area contributed by atoms with Gasteiger partial charge in [0.25, 0.3) is 0 Å². The lowest BCUT2D eigenvalue weighted by atomic mass is 9.94. The molecule has 1 N–H and O–H groups in total. The van der Waals surface area contributed by atoms with Crippen LogP contribution in [0.15, 0.2) is 83.2 Å². The Morgan fingerprint density at radius 1 is 1.02 bits per heavy atom. The fraction of sp³-hybridized carbons (Fsp3) is 0.343. The number of hydrogen-bond acceptors (Lipinski definition) is 8. The van der Waals surface area contributed by atoms with Crippen molar-refractivity contribution in [2.75, 3.05) is 12.4 Å². The number of rotatable bonds is 10. The number of fused-ring (bicyclic) bond motifs is 1. The van der Waals surface area contributed by atoms with Crippen LogP contribution >= 0.6 is 11.8 Å². The van der Waals surface area contributed by atoms with Gasteiger partial charge in [-0.05, 0) is 74.4 Å². The SMILES string of the molecule is COc1cc(C2C(C(=O)OC3CCCCC3)=C(C)Nc3nc(SCc4ccccc4F)nn32)ccc1OCc1ccc(C)cc1. The van der Waals surface area contributed by atoms with Gasteiger partial charge in [-0.25, -0.2) is 13.9 Å². The van der Waals surface area contributed by atoms with Crippen molar-refractivity contribution < 1.29 is 23.4 Å². The van der Waals surface area contributed by atoms with Gasteiger partial charge < -0.3 is 19.5 Å². The topological polar surface area (TPSA) is 87.5 Å². The Labute approximate surface area is 267 Å². The molecule has 2 aliphatic rings. The number of aromatic nitrogens is 3. The fourth-order valence-electron chi connectivity index (χ4n) is 5.74. The summed E-state index contributed by atoms with van der Waals surface area (Å²) >= 11 is 1.33. The first-order valence-corrected chi connectivity index (χ1v) is 16.3. The number of thioether (sulfide) groups is 1. The monoisotopic (exact) mass is 628 g/mol. The standard InChI is InChI=1S/C35H37FN4O4S/c1-22-13-15-24(16-14-22)20-43-29-18-17-25(19-30(29)42-3)32-31(33(41)44-27-10-5-4-6-11-27)23(2)37-34-38-35(39-40(32)34)45-21-26-9-7-8-12-28(26)36/h7-9,12-19,27,32H,4-6,10-11,20-21H2,1-3H3,(H,37,38,39). The number of benzene rings is 3. The molecule has 0 radical (unpaired) electrons. The van der Waals surface area contributed by atoms with E-state index in [0.29, 0.717) is 51.8 Å². The van der Waals surface area contributed by atoms with Crippen molar-refractivity contribution in [3.8, 4) is 11.5 Å². The van der Waals surface area contributed by atoms with Gasteiger partial charge >= 0.3 is 5.97 Å². The van der Waals surface area contributed by atoms with Gasteiger partial charge in [0, 0.05) is 11.4 Å². The Balaban J connectivity index is 1.32. The molecule has 1 aliphatic heterocycles. The van der Waals surface area contributed by atoms with Crippen LogP contribution in [0.5, 0.6) is 11.5 Å². The molecule has 1 aliphatic carbocycles. The number of halogens is 1. The Hall–Kier alpha value is -4.31. The quantitative estimate of drug-likeness (QED) is 0.141. The smallest absolute Gasteiger partial charge is 0.338 e. The summed E-state index contributed by atoms with van der Waals surface area (Å²) in [7, 11) is 1.60. The van der Waals surface area contributed by atoms with Crippen LogP contribution in [0.3, 0.4) is 0 Å². The summed E-state index contributed by atoms with van der Waals surface area (Å²) in [6.45, 7) is 4.29. The normalized spacial score (nSPS) is 16.6. The number of nitrogens with one attached hydrogen (secondary N) is 1. The van der Waals surface area contributed by atoms with Crippen LogP contribution in [-0.4, -0.2) is 33.9 Å². The first-order chi connectivity index (χ1) is 21.9. The minimum Gasteiger partial charge on any atom is -0.493 e. The molecule has 234 valence electrons. The predicted octanol–water partition coefficient (Wildman–Crippen LogP) is 7.77. The van der Waals surface area contributed by atoms with E-state index in [4.69, 9.17) is 24.3 Å². The third-order valence-electron chi connectivity index (χ3n) is 8.21. The van der Waals surface area contributed by atoms with Crippen molar-refractivity contribution in [3.63, 3.8) is 0 Å². The lowest BCUT2D eigenvalue weighted by Crippen LogP contribution is -2.32. The minimum absolute atomic E-state index is 0.108. The van der Waals surface area contributed by atoms with Crippen molar-refractivity contribution in [1.82, 2.24) is 14.8 Å². The third kappa shape index (κ3) is 7.01. The molecule has 1 fully saturated rings. The summed E-state index contributed by atoms with van der Waals surface area (Å²) in [5.41, 5.74) is 4.66. The average molecular weight is 629 g/mol. The van der Waals surface area contributed by atoms with Crippen LogP contribution in [0.4, 0.5) is 10.3 Å². The highest BCUT2D eigenvalue weighted by Gasteiger charge is 2.37. The van der Waals surface area contributed by atoms with E-state index in [-0.39, 0.29) is 17.9 Å². The molecular weight excluding hydrogens is 591 g/mol. The largest absolute Gasteiger partial charge is 0.493 e. The van der Waals surface area contributed by atoms with E-state index in [1.807, 2.05) is 44.2 Å². The summed E-state index contributed by atoms with van der Waals surface area (Å²) in [5, 5.41) is 8.53. The van der Waals surface area contributed by atoms with Crippen molar-refractivity contribution in [2.24, 2.45) is 0 Å². The van der Waals surface area contributed by atoms with E-state index in [1.165, 1.54) is 23.4 Å². The van der Waals surface area contributed by atoms with Gasteiger partial charge in [0.15, 0.2) is 11.5 Å². The van der Waals surface area contributed by atoms with Crippen molar-refractivity contribution in [2.45, 2.75) is 75.6 Å². The molecule has 4 aromatic rings. The molecule has 45 heavy (non-hydrogen) atoms. The van der Waals surface area contributed by atoms with Gasteiger partial charge in [-0.2, -0.15) is 4.98 Å². The second-order valence-electron chi connectivity index (χ2n) is 11.5. The number of methoxy groups -OCH3 is 1. The second kappa shape index (κ2) is 13.8. The number of anilines is 1. The second-order valence-corrected chi connectivity index (χ2v) is 12.4. The molecular formula is C35H37FN4O4S.